The number of ether oxygens (including phenoxy) is 4. The highest BCUT2D eigenvalue weighted by molar-refractivity contribution is 7.86. The van der Waals surface area contributed by atoms with Crippen molar-refractivity contribution in [3.63, 3.8) is 0 Å². The van der Waals surface area contributed by atoms with Crippen molar-refractivity contribution in [2.75, 3.05) is 13.7 Å². The van der Waals surface area contributed by atoms with Crippen LogP contribution in [0, 0.1) is 6.92 Å². The lowest BCUT2D eigenvalue weighted by Gasteiger charge is -2.38. The maximum atomic E-state index is 12.5. The third-order valence-corrected chi connectivity index (χ3v) is 6.48. The maximum absolute atomic E-state index is 12.5. The molecule has 0 bridgehead atoms. The van der Waals surface area contributed by atoms with E-state index in [4.69, 9.17) is 23.1 Å². The summed E-state index contributed by atoms with van der Waals surface area (Å²) in [5.41, 5.74) is 1.73. The molecule has 8 nitrogen and oxygen atoms in total. The average Bonchev–Trinajstić information content (AvgIpc) is 3.20. The molecule has 0 aliphatic carbocycles. The third-order valence-electron chi connectivity index (χ3n) is 5.18. The van der Waals surface area contributed by atoms with Gasteiger partial charge in [-0.2, -0.15) is 8.42 Å². The molecular formula is C21H24O8S. The van der Waals surface area contributed by atoms with Crippen LogP contribution in [-0.2, 0) is 33.2 Å². The van der Waals surface area contributed by atoms with Gasteiger partial charge in [-0.25, -0.2) is 0 Å². The summed E-state index contributed by atoms with van der Waals surface area (Å²) in [5.74, 6) is 0. The van der Waals surface area contributed by atoms with Gasteiger partial charge in [0.1, 0.15) is 24.4 Å². The van der Waals surface area contributed by atoms with Crippen LogP contribution in [0.1, 0.15) is 17.4 Å². The van der Waals surface area contributed by atoms with Gasteiger partial charge in [-0.3, -0.25) is 4.18 Å². The molecule has 2 saturated heterocycles. The Balaban J connectivity index is 1.46. The van der Waals surface area contributed by atoms with Gasteiger partial charge >= 0.3 is 0 Å². The van der Waals surface area contributed by atoms with Crippen LogP contribution in [0.3, 0.4) is 0 Å². The first-order chi connectivity index (χ1) is 14.4. The Hall–Kier alpha value is -1.85. The Bertz CT molecular complexity index is 947. The predicted octanol–water partition coefficient (Wildman–Crippen LogP) is 1.92. The summed E-state index contributed by atoms with van der Waals surface area (Å²) in [6.45, 7) is 1.47. The van der Waals surface area contributed by atoms with E-state index >= 15 is 0 Å². The molecule has 6 atom stereocenters. The van der Waals surface area contributed by atoms with Crippen LogP contribution in [0.4, 0.5) is 0 Å². The Morgan fingerprint density at radius 2 is 1.63 bits per heavy atom. The zero-order valence-electron chi connectivity index (χ0n) is 16.6. The van der Waals surface area contributed by atoms with E-state index in [1.807, 2.05) is 37.3 Å². The Morgan fingerprint density at radius 3 is 2.30 bits per heavy atom. The molecule has 0 radical (unpaired) electrons. The third kappa shape index (κ3) is 4.28. The molecule has 1 N–H and O–H groups in total. The van der Waals surface area contributed by atoms with Crippen LogP contribution in [0.25, 0.3) is 0 Å². The summed E-state index contributed by atoms with van der Waals surface area (Å²) in [6, 6.07) is 15.6. The van der Waals surface area contributed by atoms with E-state index in [9.17, 15) is 13.5 Å². The van der Waals surface area contributed by atoms with E-state index in [1.54, 1.807) is 12.1 Å². The summed E-state index contributed by atoms with van der Waals surface area (Å²) in [5, 5.41) is 10.8. The van der Waals surface area contributed by atoms with Gasteiger partial charge in [0.25, 0.3) is 10.1 Å². The molecule has 0 spiro atoms. The molecule has 162 valence electrons. The van der Waals surface area contributed by atoms with Crippen LogP contribution in [-0.4, -0.2) is 57.9 Å². The number of benzene rings is 2. The highest BCUT2D eigenvalue weighted by Crippen LogP contribution is 2.39. The van der Waals surface area contributed by atoms with Crippen molar-refractivity contribution in [2.45, 2.75) is 48.8 Å². The van der Waals surface area contributed by atoms with E-state index in [2.05, 4.69) is 0 Å². The second-order valence-corrected chi connectivity index (χ2v) is 8.88. The van der Waals surface area contributed by atoms with Crippen molar-refractivity contribution in [1.29, 1.82) is 0 Å². The molecule has 2 fully saturated rings. The monoisotopic (exact) mass is 436 g/mol. The molecule has 0 aromatic heterocycles. The second kappa shape index (κ2) is 8.72. The first-order valence-corrected chi connectivity index (χ1v) is 11.0. The zero-order chi connectivity index (χ0) is 21.3. The molecule has 9 heteroatoms. The van der Waals surface area contributed by atoms with Crippen molar-refractivity contribution in [3.8, 4) is 0 Å². The molecule has 0 amide bonds. The van der Waals surface area contributed by atoms with E-state index in [0.29, 0.717) is 0 Å². The number of fused-ring (bicyclic) bond motifs is 1. The lowest BCUT2D eigenvalue weighted by molar-refractivity contribution is -0.269. The summed E-state index contributed by atoms with van der Waals surface area (Å²) in [6.07, 6.45) is -5.10. The fraction of sp³-hybridized carbons (Fsp3) is 0.429. The van der Waals surface area contributed by atoms with Gasteiger partial charge in [-0.05, 0) is 19.1 Å². The van der Waals surface area contributed by atoms with Gasteiger partial charge in [0.05, 0.1) is 11.5 Å². The molecule has 2 aromatic rings. The van der Waals surface area contributed by atoms with E-state index in [1.165, 1.54) is 19.2 Å². The normalized spacial score (nSPS) is 31.4. The van der Waals surface area contributed by atoms with Gasteiger partial charge < -0.3 is 24.1 Å². The lowest BCUT2D eigenvalue weighted by Crippen LogP contribution is -2.58. The van der Waals surface area contributed by atoms with Crippen molar-refractivity contribution in [3.05, 3.63) is 65.7 Å². The van der Waals surface area contributed by atoms with E-state index in [-0.39, 0.29) is 11.5 Å². The summed E-state index contributed by atoms with van der Waals surface area (Å²) < 4.78 is 53.0. The minimum absolute atomic E-state index is 0.0316. The van der Waals surface area contributed by atoms with Crippen molar-refractivity contribution >= 4 is 10.1 Å². The molecule has 2 aliphatic heterocycles. The van der Waals surface area contributed by atoms with Gasteiger partial charge in [-0.15, -0.1) is 0 Å². The van der Waals surface area contributed by atoms with Gasteiger partial charge in [0.15, 0.2) is 12.6 Å². The quantitative estimate of drug-likeness (QED) is 0.686. The Labute approximate surface area is 175 Å². The molecule has 2 aliphatic rings. The summed E-state index contributed by atoms with van der Waals surface area (Å²) in [4.78, 5) is 0.0316. The minimum atomic E-state index is -4.00. The summed E-state index contributed by atoms with van der Waals surface area (Å²) >= 11 is 0. The maximum Gasteiger partial charge on any atom is 0.297 e. The minimum Gasteiger partial charge on any atom is -0.387 e. The van der Waals surface area contributed by atoms with Gasteiger partial charge in [-0.1, -0.05) is 48.0 Å². The predicted molar refractivity (Wildman–Crippen MR) is 105 cm³/mol. The SMILES string of the molecule is CO[C@H]1O[C@H](COS(=O)(=O)c2ccc(C)cc2)[C@@H](O)[C@@H]2O[C@@H](c3ccccc3)O[C@H]12. The molecule has 4 rings (SSSR count). The van der Waals surface area contributed by atoms with Crippen molar-refractivity contribution in [2.24, 2.45) is 0 Å². The average molecular weight is 436 g/mol. The zero-order valence-corrected chi connectivity index (χ0v) is 17.4. The fourth-order valence-electron chi connectivity index (χ4n) is 3.53. The van der Waals surface area contributed by atoms with Crippen LogP contribution < -0.4 is 0 Å². The smallest absolute Gasteiger partial charge is 0.297 e. The fourth-order valence-corrected chi connectivity index (χ4v) is 4.45. The van der Waals surface area contributed by atoms with E-state index in [0.717, 1.165) is 11.1 Å². The first-order valence-electron chi connectivity index (χ1n) is 9.57. The van der Waals surface area contributed by atoms with Crippen molar-refractivity contribution in [1.82, 2.24) is 0 Å². The molecule has 30 heavy (non-hydrogen) atoms. The topological polar surface area (TPSA) is 101 Å². The first kappa shape index (κ1) is 21.4. The Kier molecular flexibility index (Phi) is 6.21. The number of hydrogen-bond acceptors (Lipinski definition) is 8. The number of aliphatic hydroxyl groups excluding tert-OH is 1. The molecule has 0 unspecified atom stereocenters. The lowest BCUT2D eigenvalue weighted by atomic mass is 9.99. The van der Waals surface area contributed by atoms with Crippen LogP contribution >= 0.6 is 0 Å². The molecule has 2 heterocycles. The second-order valence-electron chi connectivity index (χ2n) is 7.26. The summed E-state index contributed by atoms with van der Waals surface area (Å²) in [7, 11) is -2.56. The number of methoxy groups -OCH3 is 1. The van der Waals surface area contributed by atoms with Gasteiger partial charge in [0.2, 0.25) is 0 Å². The van der Waals surface area contributed by atoms with E-state index < -0.39 is 47.1 Å². The van der Waals surface area contributed by atoms with Crippen LogP contribution in [0.5, 0.6) is 0 Å². The molecular weight excluding hydrogens is 412 g/mol. The molecule has 2 aromatic carbocycles. The number of aryl methyl sites for hydroxylation is 1. The number of rotatable bonds is 6. The van der Waals surface area contributed by atoms with Crippen LogP contribution in [0.15, 0.2) is 59.5 Å². The highest BCUT2D eigenvalue weighted by atomic mass is 32.2. The largest absolute Gasteiger partial charge is 0.387 e. The number of aliphatic hydroxyl groups is 1. The number of hydrogen-bond donors (Lipinski definition) is 1. The van der Waals surface area contributed by atoms with Gasteiger partial charge in [0, 0.05) is 12.7 Å². The Morgan fingerprint density at radius 1 is 0.967 bits per heavy atom. The standard InChI is InChI=1S/C21H24O8S/c1-13-8-10-15(11-9-13)30(23,24)26-12-16-17(22)18-19(21(25-2)27-16)29-20(28-18)14-6-4-3-5-7-14/h3-11,16-22H,12H2,1-2H3/t16-,17-,18+,19+,20-,21+/m1/s1. The highest BCUT2D eigenvalue weighted by Gasteiger charge is 2.53. The molecule has 0 saturated carbocycles. The van der Waals surface area contributed by atoms with Crippen LogP contribution in [0.2, 0.25) is 0 Å². The van der Waals surface area contributed by atoms with Crippen molar-refractivity contribution < 1.29 is 36.7 Å².